The van der Waals surface area contributed by atoms with Crippen LogP contribution in [0.3, 0.4) is 0 Å². The number of rotatable bonds is 2. The molecule has 2 aromatic carbocycles. The van der Waals surface area contributed by atoms with Gasteiger partial charge in [0.1, 0.15) is 0 Å². The summed E-state index contributed by atoms with van der Waals surface area (Å²) in [5.41, 5.74) is 3.79. The largest absolute Gasteiger partial charge is 0.376 e. The van der Waals surface area contributed by atoms with E-state index in [9.17, 15) is 0 Å². The fourth-order valence-electron chi connectivity index (χ4n) is 2.50. The molecule has 4 heteroatoms. The lowest BCUT2D eigenvalue weighted by atomic mass is 10.0. The van der Waals surface area contributed by atoms with Crippen molar-refractivity contribution >= 4 is 49.3 Å². The minimum absolute atomic E-state index is 0.378. The maximum absolute atomic E-state index is 3.69. The summed E-state index contributed by atoms with van der Waals surface area (Å²) in [4.78, 5) is 1.40. The molecule has 0 bridgehead atoms. The summed E-state index contributed by atoms with van der Waals surface area (Å²) in [6.07, 6.45) is 1.15. The van der Waals surface area contributed by atoms with Crippen LogP contribution < -0.4 is 5.32 Å². The maximum atomic E-state index is 3.69. The first kappa shape index (κ1) is 14.5. The second kappa shape index (κ2) is 6.12. The van der Waals surface area contributed by atoms with E-state index < -0.39 is 0 Å². The Balaban J connectivity index is 1.94. The number of fused-ring (bicyclic) bond motifs is 1. The molecule has 1 atom stereocenters. The first-order chi connectivity index (χ1) is 9.65. The minimum Gasteiger partial charge on any atom is -0.376 e. The van der Waals surface area contributed by atoms with Crippen LogP contribution in [0.15, 0.2) is 50.2 Å². The van der Waals surface area contributed by atoms with Gasteiger partial charge in [-0.3, -0.25) is 0 Å². The van der Waals surface area contributed by atoms with Crippen LogP contribution in [0.5, 0.6) is 0 Å². The molecule has 1 aliphatic heterocycles. The standard InChI is InChI=1S/C16H15Br2NS/c1-10-8-12(17)16(13(18)9-10)19-14-6-7-20-15-5-3-2-4-11(14)15/h2-5,8-9,14,19H,6-7H2,1H3. The van der Waals surface area contributed by atoms with Gasteiger partial charge < -0.3 is 5.32 Å². The van der Waals surface area contributed by atoms with E-state index in [1.54, 1.807) is 0 Å². The predicted molar refractivity (Wildman–Crippen MR) is 94.7 cm³/mol. The van der Waals surface area contributed by atoms with Crippen molar-refractivity contribution in [3.05, 3.63) is 56.5 Å². The van der Waals surface area contributed by atoms with Crippen molar-refractivity contribution in [1.29, 1.82) is 0 Å². The van der Waals surface area contributed by atoms with Gasteiger partial charge in [0.2, 0.25) is 0 Å². The number of nitrogens with one attached hydrogen (secondary N) is 1. The highest BCUT2D eigenvalue weighted by Crippen LogP contribution is 2.41. The number of benzene rings is 2. The average Bonchev–Trinajstić information content (AvgIpc) is 2.43. The fraction of sp³-hybridized carbons (Fsp3) is 0.250. The number of aryl methyl sites for hydroxylation is 1. The van der Waals surface area contributed by atoms with Crippen LogP contribution in [-0.4, -0.2) is 5.75 Å². The van der Waals surface area contributed by atoms with E-state index in [0.717, 1.165) is 26.8 Å². The Morgan fingerprint density at radius 2 is 1.85 bits per heavy atom. The summed E-state index contributed by atoms with van der Waals surface area (Å²) in [6, 6.07) is 13.4. The van der Waals surface area contributed by atoms with E-state index in [0.29, 0.717) is 6.04 Å². The average molecular weight is 413 g/mol. The Morgan fingerprint density at radius 1 is 1.15 bits per heavy atom. The lowest BCUT2D eigenvalue weighted by Gasteiger charge is -2.27. The van der Waals surface area contributed by atoms with Gasteiger partial charge in [-0.1, -0.05) is 18.2 Å². The van der Waals surface area contributed by atoms with E-state index in [2.05, 4.69) is 80.5 Å². The van der Waals surface area contributed by atoms with Gasteiger partial charge in [-0.25, -0.2) is 0 Å². The van der Waals surface area contributed by atoms with Gasteiger partial charge in [-0.15, -0.1) is 11.8 Å². The lowest BCUT2D eigenvalue weighted by molar-refractivity contribution is 0.727. The first-order valence-corrected chi connectivity index (χ1v) is 9.16. The molecular weight excluding hydrogens is 398 g/mol. The molecule has 1 heterocycles. The molecule has 1 nitrogen and oxygen atoms in total. The van der Waals surface area contributed by atoms with E-state index in [-0.39, 0.29) is 0 Å². The number of thioether (sulfide) groups is 1. The Hall–Kier alpha value is -0.450. The highest BCUT2D eigenvalue weighted by atomic mass is 79.9. The molecule has 20 heavy (non-hydrogen) atoms. The molecule has 0 aromatic heterocycles. The van der Waals surface area contributed by atoms with Gasteiger partial charge >= 0.3 is 0 Å². The molecule has 0 spiro atoms. The Labute approximate surface area is 140 Å². The van der Waals surface area contributed by atoms with Crippen LogP contribution in [0, 0.1) is 6.92 Å². The number of hydrogen-bond donors (Lipinski definition) is 1. The highest BCUT2D eigenvalue weighted by Gasteiger charge is 2.21. The third-order valence-electron chi connectivity index (χ3n) is 3.46. The Bertz CT molecular complexity index is 619. The van der Waals surface area contributed by atoms with Gasteiger partial charge in [-0.05, 0) is 74.5 Å². The van der Waals surface area contributed by atoms with Crippen LogP contribution in [0.2, 0.25) is 0 Å². The number of anilines is 1. The van der Waals surface area contributed by atoms with Crippen molar-refractivity contribution in [3.63, 3.8) is 0 Å². The normalized spacial score (nSPS) is 17.6. The van der Waals surface area contributed by atoms with Crippen molar-refractivity contribution in [1.82, 2.24) is 0 Å². The first-order valence-electron chi connectivity index (χ1n) is 6.59. The fourth-order valence-corrected chi connectivity index (χ4v) is 5.27. The summed E-state index contributed by atoms with van der Waals surface area (Å²) in [7, 11) is 0. The monoisotopic (exact) mass is 411 g/mol. The van der Waals surface area contributed by atoms with E-state index in [1.807, 2.05) is 11.8 Å². The van der Waals surface area contributed by atoms with Crippen molar-refractivity contribution in [3.8, 4) is 0 Å². The second-order valence-corrected chi connectivity index (χ2v) is 7.82. The maximum Gasteiger partial charge on any atom is 0.0634 e. The van der Waals surface area contributed by atoms with Gasteiger partial charge in [-0.2, -0.15) is 0 Å². The molecule has 0 saturated carbocycles. The molecule has 0 amide bonds. The Morgan fingerprint density at radius 3 is 2.60 bits per heavy atom. The molecule has 1 N–H and O–H groups in total. The molecular formula is C16H15Br2NS. The van der Waals surface area contributed by atoms with E-state index in [1.165, 1.54) is 16.0 Å². The summed E-state index contributed by atoms with van der Waals surface area (Å²) < 4.78 is 2.22. The van der Waals surface area contributed by atoms with Gasteiger partial charge in [0, 0.05) is 19.6 Å². The van der Waals surface area contributed by atoms with Crippen LogP contribution in [0.25, 0.3) is 0 Å². The number of hydrogen-bond acceptors (Lipinski definition) is 2. The predicted octanol–water partition coefficient (Wildman–Crippen LogP) is 6.17. The molecule has 2 aromatic rings. The topological polar surface area (TPSA) is 12.0 Å². The molecule has 3 rings (SSSR count). The van der Waals surface area contributed by atoms with E-state index >= 15 is 0 Å². The Kier molecular flexibility index (Phi) is 4.43. The molecule has 0 saturated heterocycles. The van der Waals surface area contributed by atoms with Crippen LogP contribution in [0.4, 0.5) is 5.69 Å². The summed E-state index contributed by atoms with van der Waals surface area (Å²) in [5.74, 6) is 1.16. The molecule has 0 radical (unpaired) electrons. The van der Waals surface area contributed by atoms with Gasteiger partial charge in [0.25, 0.3) is 0 Å². The summed E-state index contributed by atoms with van der Waals surface area (Å²) >= 11 is 9.28. The summed E-state index contributed by atoms with van der Waals surface area (Å²) in [6.45, 7) is 2.10. The smallest absolute Gasteiger partial charge is 0.0634 e. The second-order valence-electron chi connectivity index (χ2n) is 4.98. The molecule has 1 unspecified atom stereocenters. The van der Waals surface area contributed by atoms with Crippen molar-refractivity contribution in [2.24, 2.45) is 0 Å². The van der Waals surface area contributed by atoms with Gasteiger partial charge in [0.05, 0.1) is 11.7 Å². The molecule has 104 valence electrons. The summed E-state index contributed by atoms with van der Waals surface area (Å²) in [5, 5.41) is 3.69. The third-order valence-corrected chi connectivity index (χ3v) is 5.84. The van der Waals surface area contributed by atoms with Crippen molar-refractivity contribution < 1.29 is 0 Å². The third kappa shape index (κ3) is 2.92. The quantitative estimate of drug-likeness (QED) is 0.632. The zero-order chi connectivity index (χ0) is 14.1. The van der Waals surface area contributed by atoms with Crippen LogP contribution in [-0.2, 0) is 0 Å². The SMILES string of the molecule is Cc1cc(Br)c(NC2CCSc3ccccc32)c(Br)c1. The van der Waals surface area contributed by atoms with Gasteiger partial charge in [0.15, 0.2) is 0 Å². The van der Waals surface area contributed by atoms with E-state index in [4.69, 9.17) is 0 Å². The molecule has 0 fully saturated rings. The van der Waals surface area contributed by atoms with Crippen LogP contribution in [0.1, 0.15) is 23.6 Å². The highest BCUT2D eigenvalue weighted by molar-refractivity contribution is 9.11. The molecule has 0 aliphatic carbocycles. The zero-order valence-corrected chi connectivity index (χ0v) is 15.1. The van der Waals surface area contributed by atoms with Crippen LogP contribution >= 0.6 is 43.6 Å². The number of halogens is 2. The van der Waals surface area contributed by atoms with Crippen molar-refractivity contribution in [2.45, 2.75) is 24.3 Å². The lowest BCUT2D eigenvalue weighted by Crippen LogP contribution is -2.16. The van der Waals surface area contributed by atoms with Crippen molar-refractivity contribution in [2.75, 3.05) is 11.1 Å². The molecule has 1 aliphatic rings. The zero-order valence-electron chi connectivity index (χ0n) is 11.1. The minimum atomic E-state index is 0.378.